The van der Waals surface area contributed by atoms with Gasteiger partial charge in [-0.15, -0.1) is 6.58 Å². The second-order valence-corrected chi connectivity index (χ2v) is 12.9. The second kappa shape index (κ2) is 12.1. The van der Waals surface area contributed by atoms with Crippen LogP contribution in [0.2, 0.25) is 0 Å². The maximum atomic E-state index is 12.2. The molecule has 0 radical (unpaired) electrons. The SMILES string of the molecule is C=CC.CC.CCCCC1C(C(=O)O)CC[C@]2(C)C1CCC1C3(C)CCC(O)C(C)C3CCC12C. The fraction of sp³-hybridized carbons (Fsp3) is 0.906. The van der Waals surface area contributed by atoms with Crippen LogP contribution in [-0.2, 0) is 4.79 Å². The summed E-state index contributed by atoms with van der Waals surface area (Å²) < 4.78 is 0. The first kappa shape index (κ1) is 30.4. The molecule has 4 fully saturated rings. The number of rotatable bonds is 4. The Morgan fingerprint density at radius 2 is 1.57 bits per heavy atom. The minimum Gasteiger partial charge on any atom is -0.481 e. The highest BCUT2D eigenvalue weighted by molar-refractivity contribution is 5.70. The van der Waals surface area contributed by atoms with Gasteiger partial charge < -0.3 is 10.2 Å². The number of unbranched alkanes of at least 4 members (excludes halogenated alkanes) is 1. The van der Waals surface area contributed by atoms with Gasteiger partial charge in [-0.1, -0.05) is 67.4 Å². The van der Waals surface area contributed by atoms with Crippen molar-refractivity contribution in [3.8, 4) is 0 Å². The van der Waals surface area contributed by atoms with Gasteiger partial charge in [0, 0.05) is 0 Å². The maximum Gasteiger partial charge on any atom is 0.306 e. The number of aliphatic carboxylic acids is 1. The summed E-state index contributed by atoms with van der Waals surface area (Å²) in [6.07, 6.45) is 14.1. The molecule has 4 aliphatic rings. The number of hydrogen-bond donors (Lipinski definition) is 2. The van der Waals surface area contributed by atoms with Crippen LogP contribution in [0, 0.1) is 51.8 Å². The van der Waals surface area contributed by atoms with Crippen LogP contribution in [-0.4, -0.2) is 22.3 Å². The van der Waals surface area contributed by atoms with E-state index in [0.29, 0.717) is 40.4 Å². The van der Waals surface area contributed by atoms with Crippen molar-refractivity contribution in [2.24, 2.45) is 51.8 Å². The zero-order valence-electron chi connectivity index (χ0n) is 24.4. The number of hydrogen-bond acceptors (Lipinski definition) is 2. The predicted molar refractivity (Wildman–Crippen MR) is 148 cm³/mol. The number of carboxylic acids is 1. The summed E-state index contributed by atoms with van der Waals surface area (Å²) in [6.45, 7) is 21.5. The minimum atomic E-state index is -0.545. The van der Waals surface area contributed by atoms with Gasteiger partial charge in [-0.25, -0.2) is 0 Å². The fourth-order valence-electron chi connectivity index (χ4n) is 9.83. The lowest BCUT2D eigenvalue weighted by atomic mass is 9.34. The van der Waals surface area contributed by atoms with Gasteiger partial charge in [-0.2, -0.15) is 0 Å². The van der Waals surface area contributed by atoms with Crippen LogP contribution in [0.4, 0.5) is 0 Å². The van der Waals surface area contributed by atoms with E-state index in [1.165, 1.54) is 32.1 Å². The average Bonchev–Trinajstić information content (AvgIpc) is 2.82. The summed E-state index contributed by atoms with van der Waals surface area (Å²) in [5, 5.41) is 20.6. The Balaban J connectivity index is 0.000000803. The van der Waals surface area contributed by atoms with Gasteiger partial charge in [-0.3, -0.25) is 4.79 Å². The molecule has 35 heavy (non-hydrogen) atoms. The number of carboxylic acid groups (broad SMARTS) is 1. The Morgan fingerprint density at radius 3 is 2.14 bits per heavy atom. The molecule has 9 unspecified atom stereocenters. The van der Waals surface area contributed by atoms with Crippen LogP contribution >= 0.6 is 0 Å². The van der Waals surface area contributed by atoms with Crippen molar-refractivity contribution in [1.82, 2.24) is 0 Å². The molecule has 10 atom stereocenters. The lowest BCUT2D eigenvalue weighted by Crippen LogP contribution is -2.64. The quantitative estimate of drug-likeness (QED) is 0.387. The van der Waals surface area contributed by atoms with Crippen molar-refractivity contribution >= 4 is 5.97 Å². The van der Waals surface area contributed by atoms with E-state index in [9.17, 15) is 15.0 Å². The van der Waals surface area contributed by atoms with Gasteiger partial charge in [0.05, 0.1) is 12.0 Å². The van der Waals surface area contributed by atoms with E-state index in [0.717, 1.165) is 38.5 Å². The Kier molecular flexibility index (Phi) is 10.5. The van der Waals surface area contributed by atoms with E-state index in [1.807, 2.05) is 20.8 Å². The highest BCUT2D eigenvalue weighted by atomic mass is 16.4. The first-order valence-electron chi connectivity index (χ1n) is 15.0. The molecule has 0 aromatic rings. The Hall–Kier alpha value is -0.830. The van der Waals surface area contributed by atoms with E-state index in [2.05, 4.69) is 41.2 Å². The Bertz CT molecular complexity index is 703. The molecule has 0 aliphatic heterocycles. The van der Waals surface area contributed by atoms with Crippen molar-refractivity contribution in [2.75, 3.05) is 0 Å². The van der Waals surface area contributed by atoms with Crippen LogP contribution in [0.15, 0.2) is 12.7 Å². The topological polar surface area (TPSA) is 57.5 Å². The number of aliphatic hydroxyl groups excluding tert-OH is 1. The molecular formula is C32H58O3. The first-order valence-corrected chi connectivity index (χ1v) is 15.0. The fourth-order valence-corrected chi connectivity index (χ4v) is 9.83. The highest BCUT2D eigenvalue weighted by Gasteiger charge is 2.67. The molecule has 204 valence electrons. The van der Waals surface area contributed by atoms with Gasteiger partial charge in [0.2, 0.25) is 0 Å². The largest absolute Gasteiger partial charge is 0.481 e. The molecule has 0 saturated heterocycles. The smallest absolute Gasteiger partial charge is 0.306 e. The lowest BCUT2D eigenvalue weighted by Gasteiger charge is -2.71. The molecule has 0 amide bonds. The zero-order valence-corrected chi connectivity index (χ0v) is 24.4. The van der Waals surface area contributed by atoms with Crippen molar-refractivity contribution in [3.63, 3.8) is 0 Å². The summed E-state index contributed by atoms with van der Waals surface area (Å²) in [4.78, 5) is 12.2. The van der Waals surface area contributed by atoms with Crippen molar-refractivity contribution in [1.29, 1.82) is 0 Å². The number of fused-ring (bicyclic) bond motifs is 5. The third-order valence-electron chi connectivity index (χ3n) is 11.7. The molecule has 0 aromatic heterocycles. The van der Waals surface area contributed by atoms with Crippen LogP contribution in [0.1, 0.15) is 126 Å². The van der Waals surface area contributed by atoms with Gasteiger partial charge >= 0.3 is 5.97 Å². The zero-order chi connectivity index (χ0) is 26.6. The Morgan fingerprint density at radius 1 is 0.971 bits per heavy atom. The summed E-state index contributed by atoms with van der Waals surface area (Å²) in [6, 6.07) is 0. The maximum absolute atomic E-state index is 12.2. The number of aliphatic hydroxyl groups is 1. The van der Waals surface area contributed by atoms with Gasteiger partial charge in [0.15, 0.2) is 0 Å². The molecular weight excluding hydrogens is 432 g/mol. The second-order valence-electron chi connectivity index (χ2n) is 12.9. The molecule has 2 N–H and O–H groups in total. The molecule has 3 nitrogen and oxygen atoms in total. The standard InChI is InChI=1S/C27H46O3.C3H6.C2H6/c1-6-7-8-18-19(24(29)30)11-15-26(4)21(18)9-10-23-25(3)14-13-22(28)17(2)20(25)12-16-27(23,26)5;1-3-2;1-2/h17-23,28H,6-16H2,1-5H3,(H,29,30);3H,1H2,2H3;1-2H3/t17?,18?,19?,20?,21?,22?,23?,25?,26-,27?;;/m1../s1. The van der Waals surface area contributed by atoms with Crippen LogP contribution in [0.3, 0.4) is 0 Å². The number of carbonyl (C=O) groups is 1. The molecule has 3 heteroatoms. The third-order valence-corrected chi connectivity index (χ3v) is 11.7. The molecule has 4 rings (SSSR count). The van der Waals surface area contributed by atoms with E-state index in [4.69, 9.17) is 0 Å². The lowest BCUT2D eigenvalue weighted by molar-refractivity contribution is -0.228. The van der Waals surface area contributed by atoms with Crippen LogP contribution in [0.25, 0.3) is 0 Å². The van der Waals surface area contributed by atoms with Gasteiger partial charge in [-0.05, 0) is 111 Å². The molecule has 0 heterocycles. The molecule has 0 spiro atoms. The van der Waals surface area contributed by atoms with Gasteiger partial charge in [0.1, 0.15) is 0 Å². The molecule has 0 bridgehead atoms. The van der Waals surface area contributed by atoms with Crippen molar-refractivity contribution in [3.05, 3.63) is 12.7 Å². The van der Waals surface area contributed by atoms with E-state index >= 15 is 0 Å². The normalized spacial score (nSPS) is 46.3. The highest BCUT2D eigenvalue weighted by Crippen LogP contribution is 2.73. The van der Waals surface area contributed by atoms with Crippen LogP contribution < -0.4 is 0 Å². The summed E-state index contributed by atoms with van der Waals surface area (Å²) in [7, 11) is 0. The molecule has 0 aromatic carbocycles. The molecule has 4 saturated carbocycles. The number of allylic oxidation sites excluding steroid dienone is 1. The van der Waals surface area contributed by atoms with E-state index in [1.54, 1.807) is 6.08 Å². The van der Waals surface area contributed by atoms with E-state index in [-0.39, 0.29) is 17.4 Å². The minimum absolute atomic E-state index is 0.121. The van der Waals surface area contributed by atoms with Crippen molar-refractivity contribution in [2.45, 2.75) is 132 Å². The summed E-state index contributed by atoms with van der Waals surface area (Å²) >= 11 is 0. The Labute approximate surface area is 217 Å². The summed E-state index contributed by atoms with van der Waals surface area (Å²) in [5.74, 6) is 2.02. The van der Waals surface area contributed by atoms with Gasteiger partial charge in [0.25, 0.3) is 0 Å². The van der Waals surface area contributed by atoms with Crippen LogP contribution in [0.5, 0.6) is 0 Å². The average molecular weight is 491 g/mol. The third kappa shape index (κ3) is 5.14. The van der Waals surface area contributed by atoms with E-state index < -0.39 is 5.97 Å². The molecule has 4 aliphatic carbocycles. The summed E-state index contributed by atoms with van der Waals surface area (Å²) in [5.41, 5.74) is 0.896. The first-order chi connectivity index (χ1) is 16.5. The monoisotopic (exact) mass is 490 g/mol. The predicted octanol–water partition coefficient (Wildman–Crippen LogP) is 8.75. The van der Waals surface area contributed by atoms with Crippen molar-refractivity contribution < 1.29 is 15.0 Å².